The highest BCUT2D eigenvalue weighted by Crippen LogP contribution is 2.35. The number of rotatable bonds is 1. The number of benzene rings is 1. The minimum Gasteiger partial charge on any atom is -0.490 e. The molecule has 0 aromatic heterocycles. The van der Waals surface area contributed by atoms with E-state index in [1.807, 2.05) is 12.1 Å². The second-order valence-corrected chi connectivity index (χ2v) is 2.97. The van der Waals surface area contributed by atoms with Crippen molar-refractivity contribution in [3.05, 3.63) is 29.8 Å². The van der Waals surface area contributed by atoms with Gasteiger partial charge in [0, 0.05) is 5.56 Å². The summed E-state index contributed by atoms with van der Waals surface area (Å²) in [5.74, 6) is 0.661. The summed E-state index contributed by atoms with van der Waals surface area (Å²) in [5, 5.41) is 18.7. The Kier molecular flexibility index (Phi) is 1.56. The van der Waals surface area contributed by atoms with E-state index in [2.05, 4.69) is 0 Å². The lowest BCUT2D eigenvalue weighted by atomic mass is 9.97. The molecule has 1 atom stereocenters. The van der Waals surface area contributed by atoms with Crippen molar-refractivity contribution in [2.45, 2.75) is 5.60 Å². The van der Waals surface area contributed by atoms with Gasteiger partial charge < -0.3 is 14.9 Å². The molecule has 2 rings (SSSR count). The summed E-state index contributed by atoms with van der Waals surface area (Å²) in [6.07, 6.45) is 0. The largest absolute Gasteiger partial charge is 0.490 e. The van der Waals surface area contributed by atoms with E-state index >= 15 is 0 Å². The highest BCUT2D eigenvalue weighted by Gasteiger charge is 2.37. The summed E-state index contributed by atoms with van der Waals surface area (Å²) >= 11 is 0. The van der Waals surface area contributed by atoms with E-state index in [1.54, 1.807) is 12.1 Å². The fraction of sp³-hybridized carbons (Fsp3) is 0.333. The molecule has 3 nitrogen and oxygen atoms in total. The quantitative estimate of drug-likeness (QED) is 0.629. The van der Waals surface area contributed by atoms with Gasteiger partial charge in [0.15, 0.2) is 0 Å². The van der Waals surface area contributed by atoms with Crippen molar-refractivity contribution in [1.29, 1.82) is 0 Å². The average Bonchev–Trinajstić information content (AvgIpc) is 2.46. The molecule has 3 heteroatoms. The standard InChI is InChI=1S/C9H10O3/c10-5-9(11)6-12-8-4-2-1-3-7(8)9/h1-4,10-11H,5-6H2/t9-/m1/s1. The lowest BCUT2D eigenvalue weighted by molar-refractivity contribution is -0.0318. The minimum absolute atomic E-state index is 0.142. The Hall–Kier alpha value is -1.06. The topological polar surface area (TPSA) is 49.7 Å². The molecule has 64 valence electrons. The highest BCUT2D eigenvalue weighted by molar-refractivity contribution is 5.41. The molecule has 1 aromatic carbocycles. The molecule has 0 fully saturated rings. The van der Waals surface area contributed by atoms with Crippen molar-refractivity contribution in [2.24, 2.45) is 0 Å². The molecule has 1 aliphatic rings. The smallest absolute Gasteiger partial charge is 0.150 e. The van der Waals surface area contributed by atoms with Crippen molar-refractivity contribution in [3.8, 4) is 5.75 Å². The van der Waals surface area contributed by atoms with Crippen LogP contribution in [-0.4, -0.2) is 23.4 Å². The van der Waals surface area contributed by atoms with Crippen LogP contribution in [0.1, 0.15) is 5.56 Å². The summed E-state index contributed by atoms with van der Waals surface area (Å²) in [4.78, 5) is 0. The molecule has 0 radical (unpaired) electrons. The van der Waals surface area contributed by atoms with Gasteiger partial charge >= 0.3 is 0 Å². The van der Waals surface area contributed by atoms with Crippen LogP contribution in [0.3, 0.4) is 0 Å². The fourth-order valence-corrected chi connectivity index (χ4v) is 1.38. The fourth-order valence-electron chi connectivity index (χ4n) is 1.38. The second kappa shape index (κ2) is 2.47. The van der Waals surface area contributed by atoms with Gasteiger partial charge in [0.1, 0.15) is 18.0 Å². The zero-order chi connectivity index (χ0) is 8.60. The Morgan fingerprint density at radius 3 is 2.92 bits per heavy atom. The Balaban J connectivity index is 2.49. The zero-order valence-corrected chi connectivity index (χ0v) is 6.53. The Bertz CT molecular complexity index is 298. The van der Waals surface area contributed by atoms with E-state index in [0.29, 0.717) is 11.3 Å². The van der Waals surface area contributed by atoms with Crippen LogP contribution in [-0.2, 0) is 5.60 Å². The van der Waals surface area contributed by atoms with Gasteiger partial charge in [-0.15, -0.1) is 0 Å². The number of fused-ring (bicyclic) bond motifs is 1. The molecule has 12 heavy (non-hydrogen) atoms. The minimum atomic E-state index is -1.20. The molecule has 0 saturated heterocycles. The number of ether oxygens (including phenoxy) is 1. The van der Waals surface area contributed by atoms with E-state index < -0.39 is 5.60 Å². The maximum absolute atomic E-state index is 9.78. The number of para-hydroxylation sites is 1. The SMILES string of the molecule is OC[C@@]1(O)COc2ccccc21. The van der Waals surface area contributed by atoms with E-state index in [-0.39, 0.29) is 13.2 Å². The third-order valence-electron chi connectivity index (χ3n) is 2.12. The van der Waals surface area contributed by atoms with Crippen LogP contribution in [0.5, 0.6) is 5.75 Å². The van der Waals surface area contributed by atoms with Crippen LogP contribution >= 0.6 is 0 Å². The Morgan fingerprint density at radius 2 is 2.17 bits per heavy atom. The monoisotopic (exact) mass is 166 g/mol. The Labute approximate surface area is 70.2 Å². The molecular formula is C9H10O3. The van der Waals surface area contributed by atoms with Crippen LogP contribution in [0.15, 0.2) is 24.3 Å². The molecule has 0 spiro atoms. The van der Waals surface area contributed by atoms with Crippen molar-refractivity contribution >= 4 is 0 Å². The van der Waals surface area contributed by atoms with Gasteiger partial charge in [0.25, 0.3) is 0 Å². The van der Waals surface area contributed by atoms with Gasteiger partial charge in [-0.2, -0.15) is 0 Å². The molecule has 2 N–H and O–H groups in total. The predicted octanol–water partition coefficient (Wildman–Crippen LogP) is 0.259. The molecule has 0 saturated carbocycles. The molecule has 1 heterocycles. The first-order valence-electron chi connectivity index (χ1n) is 3.82. The van der Waals surface area contributed by atoms with Crippen molar-refractivity contribution in [1.82, 2.24) is 0 Å². The van der Waals surface area contributed by atoms with Crippen LogP contribution < -0.4 is 4.74 Å². The van der Waals surface area contributed by atoms with Gasteiger partial charge in [-0.25, -0.2) is 0 Å². The van der Waals surface area contributed by atoms with Crippen LogP contribution in [0.4, 0.5) is 0 Å². The first-order valence-corrected chi connectivity index (χ1v) is 3.82. The van der Waals surface area contributed by atoms with E-state index in [4.69, 9.17) is 9.84 Å². The van der Waals surface area contributed by atoms with Gasteiger partial charge in [-0.3, -0.25) is 0 Å². The number of hydrogen-bond donors (Lipinski definition) is 2. The number of aliphatic hydroxyl groups is 2. The lowest BCUT2D eigenvalue weighted by Gasteiger charge is -2.16. The van der Waals surface area contributed by atoms with Gasteiger partial charge in [0.2, 0.25) is 0 Å². The second-order valence-electron chi connectivity index (χ2n) is 2.97. The third kappa shape index (κ3) is 0.906. The van der Waals surface area contributed by atoms with Gasteiger partial charge in [-0.05, 0) is 6.07 Å². The maximum atomic E-state index is 9.78. The van der Waals surface area contributed by atoms with Crippen molar-refractivity contribution < 1.29 is 14.9 Å². The van der Waals surface area contributed by atoms with Gasteiger partial charge in [0.05, 0.1) is 6.61 Å². The molecule has 0 bridgehead atoms. The van der Waals surface area contributed by atoms with Crippen LogP contribution in [0, 0.1) is 0 Å². The molecule has 1 aliphatic heterocycles. The molecular weight excluding hydrogens is 156 g/mol. The summed E-state index contributed by atoms with van der Waals surface area (Å²) in [5.41, 5.74) is -0.524. The third-order valence-corrected chi connectivity index (χ3v) is 2.12. The maximum Gasteiger partial charge on any atom is 0.150 e. The Morgan fingerprint density at radius 1 is 1.42 bits per heavy atom. The molecule has 1 aromatic rings. The lowest BCUT2D eigenvalue weighted by Crippen LogP contribution is -2.31. The van der Waals surface area contributed by atoms with Crippen LogP contribution in [0.25, 0.3) is 0 Å². The van der Waals surface area contributed by atoms with E-state index in [0.717, 1.165) is 0 Å². The first-order chi connectivity index (χ1) is 5.76. The summed E-state index contributed by atoms with van der Waals surface area (Å²) in [7, 11) is 0. The first kappa shape index (κ1) is 7.58. The summed E-state index contributed by atoms with van der Waals surface area (Å²) in [6.45, 7) is -0.160. The number of hydrogen-bond acceptors (Lipinski definition) is 3. The van der Waals surface area contributed by atoms with Gasteiger partial charge in [-0.1, -0.05) is 18.2 Å². The zero-order valence-electron chi connectivity index (χ0n) is 6.53. The highest BCUT2D eigenvalue weighted by atomic mass is 16.5. The summed E-state index contributed by atoms with van der Waals surface area (Å²) in [6, 6.07) is 7.19. The summed E-state index contributed by atoms with van der Waals surface area (Å²) < 4.78 is 5.19. The van der Waals surface area contributed by atoms with Crippen LogP contribution in [0.2, 0.25) is 0 Å². The van der Waals surface area contributed by atoms with E-state index in [9.17, 15) is 5.11 Å². The van der Waals surface area contributed by atoms with Crippen molar-refractivity contribution in [3.63, 3.8) is 0 Å². The average molecular weight is 166 g/mol. The predicted molar refractivity (Wildman–Crippen MR) is 42.9 cm³/mol. The normalized spacial score (nSPS) is 26.5. The van der Waals surface area contributed by atoms with E-state index in [1.165, 1.54) is 0 Å². The molecule has 0 aliphatic carbocycles. The number of aliphatic hydroxyl groups excluding tert-OH is 1. The molecule has 0 unspecified atom stereocenters. The molecule has 0 amide bonds. The van der Waals surface area contributed by atoms with Crippen molar-refractivity contribution in [2.75, 3.05) is 13.2 Å².